The fraction of sp³-hybridized carbons (Fsp3) is 0.0833. The topological polar surface area (TPSA) is 88.9 Å². The summed E-state index contributed by atoms with van der Waals surface area (Å²) in [6.07, 6.45) is 1.28. The minimum absolute atomic E-state index is 0.162. The molecule has 4 rings (SSSR count). The van der Waals surface area contributed by atoms with E-state index in [1.807, 2.05) is 6.92 Å². The Morgan fingerprint density at radius 1 is 1.18 bits per heavy atom. The molecule has 172 valence electrons. The molecule has 34 heavy (non-hydrogen) atoms. The molecule has 1 aliphatic rings. The number of hydrogen-bond donors (Lipinski definition) is 1. The number of nitrogens with zero attached hydrogens (tertiary/aromatic N) is 1. The van der Waals surface area contributed by atoms with Crippen LogP contribution in [0.25, 0.3) is 17.4 Å². The van der Waals surface area contributed by atoms with Crippen LogP contribution in [-0.2, 0) is 14.3 Å². The molecule has 2 heterocycles. The number of aryl methyl sites for hydroxylation is 1. The number of ether oxygens (including phenoxy) is 1. The summed E-state index contributed by atoms with van der Waals surface area (Å²) < 4.78 is 24.2. The second kappa shape index (κ2) is 9.20. The van der Waals surface area contributed by atoms with Crippen molar-refractivity contribution in [2.24, 2.45) is 0 Å². The fourth-order valence-corrected chi connectivity index (χ4v) is 3.82. The first-order valence-electron chi connectivity index (χ1n) is 9.85. The SMILES string of the molecule is COC(=O)c1ccc(C)c(-c2ccc(/C=C3\C(=O)NC(=S)N(c4ccc(F)c(Cl)c4)C3=O)o2)c1. The van der Waals surface area contributed by atoms with Crippen molar-refractivity contribution < 1.29 is 27.9 Å². The van der Waals surface area contributed by atoms with Crippen LogP contribution in [0.15, 0.2) is 58.5 Å². The van der Waals surface area contributed by atoms with Gasteiger partial charge in [0.05, 0.1) is 23.4 Å². The maximum Gasteiger partial charge on any atom is 0.337 e. The van der Waals surface area contributed by atoms with Gasteiger partial charge in [-0.2, -0.15) is 0 Å². The van der Waals surface area contributed by atoms with E-state index in [0.29, 0.717) is 16.9 Å². The van der Waals surface area contributed by atoms with Gasteiger partial charge in [-0.15, -0.1) is 0 Å². The number of esters is 1. The summed E-state index contributed by atoms with van der Waals surface area (Å²) in [6, 6.07) is 11.9. The molecular weight excluding hydrogens is 483 g/mol. The standard InChI is InChI=1S/C24H16ClFN2O5S/c1-12-3-4-13(23(31)32-2)9-16(12)20-8-6-15(33-20)11-17-21(29)27-24(34)28(22(17)30)14-5-7-19(26)18(25)10-14/h3-11H,1-2H3,(H,27,29,34)/b17-11+. The molecule has 0 radical (unpaired) electrons. The number of amides is 2. The lowest BCUT2D eigenvalue weighted by Crippen LogP contribution is -2.54. The summed E-state index contributed by atoms with van der Waals surface area (Å²) in [5, 5.41) is 2.08. The van der Waals surface area contributed by atoms with Crippen LogP contribution >= 0.6 is 23.8 Å². The molecule has 1 aromatic heterocycles. The quantitative estimate of drug-likeness (QED) is 0.243. The van der Waals surface area contributed by atoms with E-state index < -0.39 is 23.6 Å². The molecule has 0 unspecified atom stereocenters. The van der Waals surface area contributed by atoms with Crippen LogP contribution in [0.2, 0.25) is 5.02 Å². The third-order valence-electron chi connectivity index (χ3n) is 5.10. The molecule has 0 aliphatic carbocycles. The number of benzene rings is 2. The van der Waals surface area contributed by atoms with E-state index in [-0.39, 0.29) is 27.2 Å². The van der Waals surface area contributed by atoms with Crippen LogP contribution in [0.1, 0.15) is 21.7 Å². The van der Waals surface area contributed by atoms with Gasteiger partial charge in [-0.05, 0) is 73.2 Å². The van der Waals surface area contributed by atoms with E-state index in [0.717, 1.165) is 16.5 Å². The zero-order valence-electron chi connectivity index (χ0n) is 17.8. The monoisotopic (exact) mass is 498 g/mol. The van der Waals surface area contributed by atoms with E-state index in [1.54, 1.807) is 30.3 Å². The lowest BCUT2D eigenvalue weighted by atomic mass is 10.0. The highest BCUT2D eigenvalue weighted by Crippen LogP contribution is 2.30. The maximum atomic E-state index is 13.6. The lowest BCUT2D eigenvalue weighted by molar-refractivity contribution is -0.122. The second-order valence-electron chi connectivity index (χ2n) is 7.28. The summed E-state index contributed by atoms with van der Waals surface area (Å²) in [5.41, 5.74) is 1.80. The molecule has 1 aliphatic heterocycles. The highest BCUT2D eigenvalue weighted by atomic mass is 35.5. The molecule has 0 spiro atoms. The third-order valence-corrected chi connectivity index (χ3v) is 5.67. The fourth-order valence-electron chi connectivity index (χ4n) is 3.37. The number of furan rings is 1. The first-order valence-corrected chi connectivity index (χ1v) is 10.6. The third kappa shape index (κ3) is 4.35. The van der Waals surface area contributed by atoms with Gasteiger partial charge in [0, 0.05) is 5.56 Å². The van der Waals surface area contributed by atoms with Crippen molar-refractivity contribution in [3.05, 3.63) is 81.8 Å². The zero-order chi connectivity index (χ0) is 24.6. The average molecular weight is 499 g/mol. The van der Waals surface area contributed by atoms with E-state index in [9.17, 15) is 18.8 Å². The molecule has 7 nitrogen and oxygen atoms in total. The van der Waals surface area contributed by atoms with Gasteiger partial charge in [0.15, 0.2) is 5.11 Å². The summed E-state index contributed by atoms with van der Waals surface area (Å²) in [6.45, 7) is 1.85. The average Bonchev–Trinajstić information content (AvgIpc) is 3.27. The Morgan fingerprint density at radius 3 is 2.65 bits per heavy atom. The van der Waals surface area contributed by atoms with Crippen molar-refractivity contribution in [1.82, 2.24) is 5.32 Å². The van der Waals surface area contributed by atoms with Crippen molar-refractivity contribution in [1.29, 1.82) is 0 Å². The first kappa shape index (κ1) is 23.3. The summed E-state index contributed by atoms with van der Waals surface area (Å²) >= 11 is 11.0. The molecule has 10 heteroatoms. The number of nitrogens with one attached hydrogen (secondary N) is 1. The number of halogens is 2. The van der Waals surface area contributed by atoms with Crippen LogP contribution in [-0.4, -0.2) is 30.0 Å². The molecule has 1 saturated heterocycles. The molecule has 1 N–H and O–H groups in total. The van der Waals surface area contributed by atoms with Gasteiger partial charge < -0.3 is 9.15 Å². The summed E-state index contributed by atoms with van der Waals surface area (Å²) in [4.78, 5) is 38.5. The Bertz CT molecular complexity index is 1400. The van der Waals surface area contributed by atoms with Gasteiger partial charge in [-0.25, -0.2) is 9.18 Å². The summed E-state index contributed by atoms with van der Waals surface area (Å²) in [5.74, 6) is -1.93. The van der Waals surface area contributed by atoms with E-state index in [4.69, 9.17) is 33.0 Å². The number of rotatable bonds is 4. The predicted octanol–water partition coefficient (Wildman–Crippen LogP) is 4.67. The van der Waals surface area contributed by atoms with Crippen molar-refractivity contribution in [2.75, 3.05) is 12.0 Å². The Kier molecular flexibility index (Phi) is 6.32. The van der Waals surface area contributed by atoms with E-state index in [2.05, 4.69) is 5.32 Å². The number of thiocarbonyl (C=S) groups is 1. The maximum absolute atomic E-state index is 13.6. The van der Waals surface area contributed by atoms with Gasteiger partial charge in [0.1, 0.15) is 22.9 Å². The number of anilines is 1. The predicted molar refractivity (Wildman–Crippen MR) is 128 cm³/mol. The van der Waals surface area contributed by atoms with Crippen molar-refractivity contribution in [2.45, 2.75) is 6.92 Å². The van der Waals surface area contributed by atoms with Gasteiger partial charge in [-0.3, -0.25) is 19.8 Å². The van der Waals surface area contributed by atoms with Gasteiger partial charge in [0.25, 0.3) is 11.8 Å². The van der Waals surface area contributed by atoms with Crippen molar-refractivity contribution >= 4 is 58.5 Å². The highest BCUT2D eigenvalue weighted by molar-refractivity contribution is 7.80. The minimum Gasteiger partial charge on any atom is -0.465 e. The molecule has 2 amide bonds. The molecule has 2 aromatic carbocycles. The molecule has 3 aromatic rings. The number of methoxy groups -OCH3 is 1. The number of carbonyl (C=O) groups is 3. The molecular formula is C24H16ClFN2O5S. The molecule has 0 saturated carbocycles. The van der Waals surface area contributed by atoms with Crippen LogP contribution in [0.3, 0.4) is 0 Å². The van der Waals surface area contributed by atoms with E-state index in [1.165, 1.54) is 25.3 Å². The normalized spacial score (nSPS) is 15.0. The van der Waals surface area contributed by atoms with Crippen LogP contribution in [0.5, 0.6) is 0 Å². The Balaban J connectivity index is 1.69. The Morgan fingerprint density at radius 2 is 1.94 bits per heavy atom. The lowest BCUT2D eigenvalue weighted by Gasteiger charge is -2.28. The minimum atomic E-state index is -0.724. The van der Waals surface area contributed by atoms with Crippen LogP contribution in [0.4, 0.5) is 10.1 Å². The number of carbonyl (C=O) groups excluding carboxylic acids is 3. The van der Waals surface area contributed by atoms with Gasteiger partial charge in [0.2, 0.25) is 0 Å². The molecule has 0 bridgehead atoms. The summed E-state index contributed by atoms with van der Waals surface area (Å²) in [7, 11) is 1.29. The van der Waals surface area contributed by atoms with Gasteiger partial charge in [-0.1, -0.05) is 17.7 Å². The van der Waals surface area contributed by atoms with Crippen molar-refractivity contribution in [3.8, 4) is 11.3 Å². The first-order chi connectivity index (χ1) is 16.2. The Hall–Kier alpha value is -3.82. The largest absolute Gasteiger partial charge is 0.465 e. The Labute approximate surface area is 203 Å². The van der Waals surface area contributed by atoms with Gasteiger partial charge >= 0.3 is 5.97 Å². The van der Waals surface area contributed by atoms with Crippen molar-refractivity contribution in [3.63, 3.8) is 0 Å². The number of hydrogen-bond acceptors (Lipinski definition) is 6. The molecule has 1 fully saturated rings. The zero-order valence-corrected chi connectivity index (χ0v) is 19.4. The smallest absolute Gasteiger partial charge is 0.337 e. The molecule has 0 atom stereocenters. The highest BCUT2D eigenvalue weighted by Gasteiger charge is 2.35. The van der Waals surface area contributed by atoms with Crippen LogP contribution < -0.4 is 10.2 Å². The second-order valence-corrected chi connectivity index (χ2v) is 8.07. The van der Waals surface area contributed by atoms with Crippen LogP contribution in [0, 0.1) is 12.7 Å². The van der Waals surface area contributed by atoms with E-state index >= 15 is 0 Å².